The van der Waals surface area contributed by atoms with E-state index in [9.17, 15) is 22.8 Å². The molecule has 0 fully saturated rings. The van der Waals surface area contributed by atoms with Crippen LogP contribution in [0, 0.1) is 0 Å². The zero-order chi connectivity index (χ0) is 23.8. The molecule has 2 N–H and O–H groups in total. The molecule has 0 aliphatic carbocycles. The highest BCUT2D eigenvalue weighted by Gasteiger charge is 2.33. The number of anilines is 1. The van der Waals surface area contributed by atoms with Crippen molar-refractivity contribution in [3.63, 3.8) is 0 Å². The molecule has 0 saturated carbocycles. The maximum absolute atomic E-state index is 13.0. The van der Waals surface area contributed by atoms with Crippen molar-refractivity contribution in [1.29, 1.82) is 0 Å². The Morgan fingerprint density at radius 1 is 1.15 bits per heavy atom. The molecule has 0 spiro atoms. The summed E-state index contributed by atoms with van der Waals surface area (Å²) in [7, 11) is 1.74. The van der Waals surface area contributed by atoms with Crippen molar-refractivity contribution in [2.45, 2.75) is 12.7 Å². The van der Waals surface area contributed by atoms with Gasteiger partial charge in [0.05, 0.1) is 29.7 Å². The summed E-state index contributed by atoms with van der Waals surface area (Å²) in [6, 6.07) is 3.07. The molecule has 14 heteroatoms. The molecular weight excluding hydrogens is 483 g/mol. The van der Waals surface area contributed by atoms with Crippen LogP contribution in [0.1, 0.15) is 30.7 Å². The molecule has 33 heavy (non-hydrogen) atoms. The van der Waals surface area contributed by atoms with E-state index in [0.717, 1.165) is 23.5 Å². The normalized spacial score (nSPS) is 11.5. The Kier molecular flexibility index (Phi) is 5.99. The van der Waals surface area contributed by atoms with E-state index in [1.54, 1.807) is 11.6 Å². The van der Waals surface area contributed by atoms with Crippen molar-refractivity contribution in [3.05, 3.63) is 63.2 Å². The van der Waals surface area contributed by atoms with Crippen molar-refractivity contribution in [2.75, 3.05) is 5.32 Å². The molecule has 3 aromatic heterocycles. The number of nitrogens with one attached hydrogen (secondary N) is 2. The Morgan fingerprint density at radius 2 is 1.94 bits per heavy atom. The van der Waals surface area contributed by atoms with Crippen LogP contribution in [0.5, 0.6) is 0 Å². The number of rotatable bonds is 5. The van der Waals surface area contributed by atoms with Gasteiger partial charge in [0.15, 0.2) is 11.3 Å². The number of fused-ring (bicyclic) bond motifs is 1. The zero-order valence-corrected chi connectivity index (χ0v) is 18.2. The number of halogens is 4. The number of thiazole rings is 1. The molecule has 0 atom stereocenters. The lowest BCUT2D eigenvalue weighted by Gasteiger charge is -2.11. The molecular formula is C19H13ClF3N7O2S. The second-order valence-corrected chi connectivity index (χ2v) is 8.22. The van der Waals surface area contributed by atoms with Gasteiger partial charge in [-0.15, -0.1) is 11.3 Å². The summed E-state index contributed by atoms with van der Waals surface area (Å²) in [6.07, 6.45) is -0.617. The van der Waals surface area contributed by atoms with Crippen molar-refractivity contribution in [3.8, 4) is 0 Å². The Bertz CT molecular complexity index is 1370. The van der Waals surface area contributed by atoms with Crippen LogP contribution in [0.25, 0.3) is 11.2 Å². The molecule has 4 aromatic rings. The first-order chi connectivity index (χ1) is 15.6. The lowest BCUT2D eigenvalue weighted by molar-refractivity contribution is -0.137. The van der Waals surface area contributed by atoms with E-state index in [0.29, 0.717) is 16.2 Å². The fourth-order valence-electron chi connectivity index (χ4n) is 2.86. The lowest BCUT2D eigenvalue weighted by Crippen LogP contribution is -2.24. The monoisotopic (exact) mass is 495 g/mol. The third kappa shape index (κ3) is 4.78. The molecule has 0 bridgehead atoms. The number of hydrogen-bond donors (Lipinski definition) is 2. The summed E-state index contributed by atoms with van der Waals surface area (Å²) < 4.78 is 40.7. The van der Waals surface area contributed by atoms with E-state index in [1.165, 1.54) is 24.9 Å². The number of nitrogens with zero attached hydrogens (tertiary/aromatic N) is 5. The van der Waals surface area contributed by atoms with Gasteiger partial charge in [0.2, 0.25) is 0 Å². The number of hydrogen-bond acceptors (Lipinski definition) is 7. The third-order valence-electron chi connectivity index (χ3n) is 4.42. The number of amides is 2. The van der Waals surface area contributed by atoms with Crippen molar-refractivity contribution in [1.82, 2.24) is 29.8 Å². The first-order valence-electron chi connectivity index (χ1n) is 9.16. The van der Waals surface area contributed by atoms with E-state index < -0.39 is 28.6 Å². The van der Waals surface area contributed by atoms with Crippen LogP contribution in [0.15, 0.2) is 37.1 Å². The third-order valence-corrected chi connectivity index (χ3v) is 5.75. The van der Waals surface area contributed by atoms with Crippen LogP contribution in [-0.4, -0.2) is 36.3 Å². The fraction of sp³-hybridized carbons (Fsp3) is 0.158. The molecule has 9 nitrogen and oxygen atoms in total. The first-order valence-corrected chi connectivity index (χ1v) is 10.4. The number of aryl methyl sites for hydroxylation is 1. The number of carbonyl (C=O) groups excluding carboxylic acids is 2. The standard InChI is InChI=1S/C19H13ClF3N7O2S/c1-30-8-28-14-15(26-7-27-16(14)30)18(32)25-6-13-24-5-12(33-13)17(31)29-9-2-3-11(20)10(4-9)19(21,22)23/h2-5,7-8H,6H2,1H3,(H,25,32)(H,29,31). The average Bonchev–Trinajstić information content (AvgIpc) is 3.40. The highest BCUT2D eigenvalue weighted by atomic mass is 35.5. The van der Waals surface area contributed by atoms with Gasteiger partial charge in [0.25, 0.3) is 11.8 Å². The summed E-state index contributed by atoms with van der Waals surface area (Å²) >= 11 is 6.57. The van der Waals surface area contributed by atoms with Crippen molar-refractivity contribution >= 4 is 51.6 Å². The molecule has 170 valence electrons. The fourth-order valence-corrected chi connectivity index (χ4v) is 3.84. The van der Waals surface area contributed by atoms with E-state index in [-0.39, 0.29) is 22.8 Å². The SMILES string of the molecule is Cn1cnc2c(C(=O)NCc3ncc(C(=O)Nc4ccc(Cl)c(C(F)(F)F)c4)s3)ncnc21. The molecule has 2 amide bonds. The van der Waals surface area contributed by atoms with Crippen molar-refractivity contribution < 1.29 is 22.8 Å². The number of benzene rings is 1. The minimum Gasteiger partial charge on any atom is -0.344 e. The highest BCUT2D eigenvalue weighted by molar-refractivity contribution is 7.13. The predicted octanol–water partition coefficient (Wildman–Crippen LogP) is 3.67. The molecule has 0 saturated heterocycles. The molecule has 0 radical (unpaired) electrons. The summed E-state index contributed by atoms with van der Waals surface area (Å²) in [5.74, 6) is -1.14. The Morgan fingerprint density at radius 3 is 2.70 bits per heavy atom. The second kappa shape index (κ2) is 8.75. The summed E-state index contributed by atoms with van der Waals surface area (Å²) in [5, 5.41) is 4.97. The van der Waals surface area contributed by atoms with E-state index in [4.69, 9.17) is 11.6 Å². The second-order valence-electron chi connectivity index (χ2n) is 6.70. The predicted molar refractivity (Wildman–Crippen MR) is 114 cm³/mol. The van der Waals surface area contributed by atoms with Gasteiger partial charge in [0.1, 0.15) is 21.7 Å². The van der Waals surface area contributed by atoms with Gasteiger partial charge in [-0.25, -0.2) is 19.9 Å². The number of imidazole rings is 1. The number of carbonyl (C=O) groups is 2. The molecule has 3 heterocycles. The van der Waals surface area contributed by atoms with Gasteiger partial charge < -0.3 is 15.2 Å². The van der Waals surface area contributed by atoms with Gasteiger partial charge in [-0.2, -0.15) is 13.2 Å². The molecule has 4 rings (SSSR count). The van der Waals surface area contributed by atoms with Crippen molar-refractivity contribution in [2.24, 2.45) is 7.05 Å². The van der Waals surface area contributed by atoms with E-state index in [1.807, 2.05) is 0 Å². The van der Waals surface area contributed by atoms with Gasteiger partial charge in [0, 0.05) is 12.7 Å². The minimum absolute atomic E-state index is 0.00821. The smallest absolute Gasteiger partial charge is 0.344 e. The molecule has 0 aliphatic rings. The largest absolute Gasteiger partial charge is 0.417 e. The van der Waals surface area contributed by atoms with Crippen LogP contribution >= 0.6 is 22.9 Å². The van der Waals surface area contributed by atoms with Gasteiger partial charge >= 0.3 is 6.18 Å². The average molecular weight is 496 g/mol. The van der Waals surface area contributed by atoms with Crippen LogP contribution in [0.2, 0.25) is 5.02 Å². The first kappa shape index (κ1) is 22.6. The summed E-state index contributed by atoms with van der Waals surface area (Å²) in [6.45, 7) is 0.00821. The van der Waals surface area contributed by atoms with Gasteiger partial charge in [-0.3, -0.25) is 9.59 Å². The van der Waals surface area contributed by atoms with Gasteiger partial charge in [-0.05, 0) is 18.2 Å². The zero-order valence-electron chi connectivity index (χ0n) is 16.6. The molecule has 1 aromatic carbocycles. The molecule has 0 aliphatic heterocycles. The Hall–Kier alpha value is -3.58. The lowest BCUT2D eigenvalue weighted by atomic mass is 10.2. The number of alkyl halides is 3. The maximum Gasteiger partial charge on any atom is 0.417 e. The van der Waals surface area contributed by atoms with Crippen LogP contribution in [0.4, 0.5) is 18.9 Å². The summed E-state index contributed by atoms with van der Waals surface area (Å²) in [4.78, 5) is 41.3. The summed E-state index contributed by atoms with van der Waals surface area (Å²) in [5.41, 5.74) is -0.181. The van der Waals surface area contributed by atoms with Crippen LogP contribution in [-0.2, 0) is 19.8 Å². The van der Waals surface area contributed by atoms with E-state index >= 15 is 0 Å². The Labute approximate surface area is 192 Å². The van der Waals surface area contributed by atoms with E-state index in [2.05, 4.69) is 30.6 Å². The molecule has 0 unspecified atom stereocenters. The maximum atomic E-state index is 13.0. The topological polar surface area (TPSA) is 115 Å². The highest BCUT2D eigenvalue weighted by Crippen LogP contribution is 2.36. The minimum atomic E-state index is -4.65. The van der Waals surface area contributed by atoms with Crippen LogP contribution < -0.4 is 10.6 Å². The van der Waals surface area contributed by atoms with Gasteiger partial charge in [-0.1, -0.05) is 11.6 Å². The Balaban J connectivity index is 1.42. The van der Waals surface area contributed by atoms with Crippen LogP contribution in [0.3, 0.4) is 0 Å². The number of aromatic nitrogens is 5. The quantitative estimate of drug-likeness (QED) is 0.436.